The molecule has 0 saturated carbocycles. The number of carbonyl (C=O) groups is 1. The Kier molecular flexibility index (Phi) is 5.55. The first-order valence-electron chi connectivity index (χ1n) is 10.5. The summed E-state index contributed by atoms with van der Waals surface area (Å²) < 4.78 is 26.0. The van der Waals surface area contributed by atoms with E-state index in [1.807, 2.05) is 12.1 Å². The molecule has 0 aliphatic carbocycles. The molecule has 2 bridgehead atoms. The average Bonchev–Trinajstić information content (AvgIpc) is 2.91. The van der Waals surface area contributed by atoms with Gasteiger partial charge in [-0.1, -0.05) is 0 Å². The van der Waals surface area contributed by atoms with Crippen LogP contribution >= 0.6 is 0 Å². The van der Waals surface area contributed by atoms with Crippen molar-refractivity contribution < 1.29 is 18.7 Å². The van der Waals surface area contributed by atoms with Gasteiger partial charge < -0.3 is 24.6 Å². The Hall–Kier alpha value is -2.09. The van der Waals surface area contributed by atoms with Crippen molar-refractivity contribution in [2.24, 2.45) is 0 Å². The Bertz CT molecular complexity index is 725. The molecule has 7 nitrogen and oxygen atoms in total. The van der Waals surface area contributed by atoms with Crippen LogP contribution in [0.1, 0.15) is 40.0 Å². The van der Waals surface area contributed by atoms with Crippen molar-refractivity contribution >= 4 is 11.8 Å². The van der Waals surface area contributed by atoms with E-state index in [9.17, 15) is 9.18 Å². The van der Waals surface area contributed by atoms with Gasteiger partial charge in [-0.05, 0) is 39.7 Å². The molecule has 8 heteroatoms. The second-order valence-electron chi connectivity index (χ2n) is 9.19. The summed E-state index contributed by atoms with van der Waals surface area (Å²) in [6, 6.07) is 4.91. The highest BCUT2D eigenvalue weighted by Gasteiger charge is 2.38. The molecule has 4 heterocycles. The molecule has 0 aromatic carbocycles. The zero-order valence-electron chi connectivity index (χ0n) is 17.4. The van der Waals surface area contributed by atoms with E-state index < -0.39 is 24.0 Å². The second kappa shape index (κ2) is 7.97. The van der Waals surface area contributed by atoms with Crippen LogP contribution in [0, 0.1) is 0 Å². The maximum Gasteiger partial charge on any atom is 0.410 e. The van der Waals surface area contributed by atoms with Crippen molar-refractivity contribution in [2.45, 2.75) is 70.0 Å². The summed E-state index contributed by atoms with van der Waals surface area (Å²) in [6.45, 7) is 7.77. The molecule has 0 spiro atoms. The summed E-state index contributed by atoms with van der Waals surface area (Å²) in [5.74, 6) is 0.443. The van der Waals surface area contributed by atoms with Crippen LogP contribution in [0.2, 0.25) is 0 Å². The number of aromatic nitrogens is 1. The number of amides is 1. The molecule has 1 aromatic rings. The zero-order valence-corrected chi connectivity index (χ0v) is 17.4. The van der Waals surface area contributed by atoms with Gasteiger partial charge >= 0.3 is 6.09 Å². The highest BCUT2D eigenvalue weighted by molar-refractivity contribution is 5.68. The Labute approximate surface area is 171 Å². The first-order chi connectivity index (χ1) is 13.8. The van der Waals surface area contributed by atoms with Gasteiger partial charge in [0.15, 0.2) is 6.17 Å². The van der Waals surface area contributed by atoms with Gasteiger partial charge in [0.25, 0.3) is 0 Å². The lowest BCUT2D eigenvalue weighted by atomic mass is 10.1. The number of halogens is 1. The second-order valence-corrected chi connectivity index (χ2v) is 9.19. The van der Waals surface area contributed by atoms with Crippen LogP contribution in [0.4, 0.5) is 14.9 Å². The first-order valence-corrected chi connectivity index (χ1v) is 10.5. The summed E-state index contributed by atoms with van der Waals surface area (Å²) in [4.78, 5) is 20.3. The molecule has 0 radical (unpaired) electrons. The number of anilines is 1. The Balaban J connectivity index is 1.37. The van der Waals surface area contributed by atoms with Crippen LogP contribution in [0.25, 0.3) is 0 Å². The summed E-state index contributed by atoms with van der Waals surface area (Å²) >= 11 is 0. The lowest BCUT2D eigenvalue weighted by molar-refractivity contribution is -0.0114. The molecule has 1 N–H and O–H groups in total. The SMILES string of the molecule is CC(C)(C)OC(=O)N1CC[C@@H](Oc2cc(N3C4CCC3CNC4)ccn2)[C@@H](F)C1. The van der Waals surface area contributed by atoms with Crippen molar-refractivity contribution in [2.75, 3.05) is 31.1 Å². The van der Waals surface area contributed by atoms with Crippen molar-refractivity contribution in [1.82, 2.24) is 15.2 Å². The molecular weight excluding hydrogens is 375 g/mol. The molecule has 1 aromatic heterocycles. The Morgan fingerprint density at radius 3 is 2.62 bits per heavy atom. The number of pyridine rings is 1. The fraction of sp³-hybridized carbons (Fsp3) is 0.714. The largest absolute Gasteiger partial charge is 0.471 e. The van der Waals surface area contributed by atoms with Crippen molar-refractivity contribution in [3.63, 3.8) is 0 Å². The molecule has 4 atom stereocenters. The maximum absolute atomic E-state index is 14.7. The third-order valence-corrected chi connectivity index (χ3v) is 5.80. The van der Waals surface area contributed by atoms with Crippen molar-refractivity contribution in [3.8, 4) is 5.88 Å². The monoisotopic (exact) mass is 406 g/mol. The number of ether oxygens (including phenoxy) is 2. The van der Waals surface area contributed by atoms with E-state index in [0.717, 1.165) is 18.8 Å². The smallest absolute Gasteiger partial charge is 0.410 e. The standard InChI is InChI=1S/C21H31FN4O3/c1-21(2,3)29-20(27)25-9-7-18(17(22)13-25)28-19-10-14(6-8-24-19)26-15-4-5-16(26)12-23-11-15/h6,8,10,15-18,23H,4-5,7,9,11-13H2,1-3H3/t15?,16?,17-,18+/m0/s1. The number of carbonyl (C=O) groups excluding carboxylic acids is 1. The molecule has 160 valence electrons. The number of piperazine rings is 1. The van der Waals surface area contributed by atoms with Crippen LogP contribution in [-0.4, -0.2) is 72.1 Å². The van der Waals surface area contributed by atoms with Gasteiger partial charge in [0.05, 0.1) is 6.54 Å². The van der Waals surface area contributed by atoms with Crippen LogP contribution in [0.15, 0.2) is 18.3 Å². The summed E-state index contributed by atoms with van der Waals surface area (Å²) in [5.41, 5.74) is 0.495. The molecular formula is C21H31FN4O3. The van der Waals surface area contributed by atoms with Gasteiger partial charge in [-0.3, -0.25) is 0 Å². The van der Waals surface area contributed by atoms with E-state index in [4.69, 9.17) is 9.47 Å². The van der Waals surface area contributed by atoms with E-state index in [2.05, 4.69) is 15.2 Å². The lowest BCUT2D eigenvalue weighted by Crippen LogP contribution is -2.52. The minimum absolute atomic E-state index is 0.0266. The number of rotatable bonds is 3. The van der Waals surface area contributed by atoms with E-state index >= 15 is 0 Å². The lowest BCUT2D eigenvalue weighted by Gasteiger charge is -2.37. The number of nitrogens with one attached hydrogen (secondary N) is 1. The van der Waals surface area contributed by atoms with Gasteiger partial charge in [-0.2, -0.15) is 0 Å². The molecule has 3 aliphatic rings. The van der Waals surface area contributed by atoms with Crippen LogP contribution in [-0.2, 0) is 4.74 Å². The third-order valence-electron chi connectivity index (χ3n) is 5.80. The molecule has 1 amide bonds. The van der Waals surface area contributed by atoms with Crippen LogP contribution < -0.4 is 15.0 Å². The molecule has 4 rings (SSSR count). The third kappa shape index (κ3) is 4.57. The van der Waals surface area contributed by atoms with Gasteiger partial charge in [0.1, 0.15) is 11.7 Å². The fourth-order valence-corrected chi connectivity index (χ4v) is 4.49. The average molecular weight is 407 g/mol. The van der Waals surface area contributed by atoms with Crippen LogP contribution in [0.5, 0.6) is 5.88 Å². The van der Waals surface area contributed by atoms with Gasteiger partial charge in [0, 0.05) is 56.1 Å². The minimum atomic E-state index is -1.28. The number of hydrogen-bond donors (Lipinski definition) is 1. The van der Waals surface area contributed by atoms with E-state index in [0.29, 0.717) is 30.9 Å². The van der Waals surface area contributed by atoms with Crippen molar-refractivity contribution in [1.29, 1.82) is 0 Å². The first kappa shape index (κ1) is 20.2. The van der Waals surface area contributed by atoms with Gasteiger partial charge in [-0.15, -0.1) is 0 Å². The fourth-order valence-electron chi connectivity index (χ4n) is 4.49. The number of nitrogens with zero attached hydrogens (tertiary/aromatic N) is 3. The topological polar surface area (TPSA) is 66.9 Å². The highest BCUT2D eigenvalue weighted by atomic mass is 19.1. The predicted molar refractivity (Wildman–Crippen MR) is 108 cm³/mol. The minimum Gasteiger partial charge on any atom is -0.471 e. The summed E-state index contributed by atoms with van der Waals surface area (Å²) in [7, 11) is 0. The number of piperidine rings is 1. The number of likely N-dealkylation sites (tertiary alicyclic amines) is 1. The maximum atomic E-state index is 14.7. The zero-order chi connectivity index (χ0) is 20.6. The number of hydrogen-bond acceptors (Lipinski definition) is 6. The Morgan fingerprint density at radius 1 is 1.24 bits per heavy atom. The van der Waals surface area contributed by atoms with Gasteiger partial charge in [-0.25, -0.2) is 14.2 Å². The number of alkyl halides is 1. The van der Waals surface area contributed by atoms with Gasteiger partial charge in [0.2, 0.25) is 5.88 Å². The summed E-state index contributed by atoms with van der Waals surface area (Å²) in [6.07, 6.45) is 2.14. The predicted octanol–water partition coefficient (Wildman–Crippen LogP) is 2.75. The highest BCUT2D eigenvalue weighted by Crippen LogP contribution is 2.34. The molecule has 3 fully saturated rings. The summed E-state index contributed by atoms with van der Waals surface area (Å²) in [5, 5.41) is 3.48. The molecule has 3 aliphatic heterocycles. The van der Waals surface area contributed by atoms with E-state index in [-0.39, 0.29) is 6.54 Å². The van der Waals surface area contributed by atoms with Crippen molar-refractivity contribution in [3.05, 3.63) is 18.3 Å². The molecule has 29 heavy (non-hydrogen) atoms. The van der Waals surface area contributed by atoms with Crippen LogP contribution in [0.3, 0.4) is 0 Å². The molecule has 2 unspecified atom stereocenters. The quantitative estimate of drug-likeness (QED) is 0.833. The Morgan fingerprint density at radius 2 is 1.97 bits per heavy atom. The number of fused-ring (bicyclic) bond motifs is 2. The van der Waals surface area contributed by atoms with E-state index in [1.54, 1.807) is 27.0 Å². The van der Waals surface area contributed by atoms with E-state index in [1.165, 1.54) is 17.7 Å². The normalized spacial score (nSPS) is 29.7. The molecule has 3 saturated heterocycles.